The third kappa shape index (κ3) is 7.27. The minimum absolute atomic E-state index is 0.0796. The summed E-state index contributed by atoms with van der Waals surface area (Å²) in [6.45, 7) is 8.82. The predicted molar refractivity (Wildman–Crippen MR) is 165 cm³/mol. The number of hydrogen-bond donors (Lipinski definition) is 1. The van der Waals surface area contributed by atoms with Gasteiger partial charge in [0.05, 0.1) is 31.4 Å². The molecule has 3 aromatic rings. The van der Waals surface area contributed by atoms with Gasteiger partial charge in [0.15, 0.2) is 0 Å². The molecule has 0 bridgehead atoms. The first kappa shape index (κ1) is 30.3. The summed E-state index contributed by atoms with van der Waals surface area (Å²) in [5, 5.41) is 11.7. The third-order valence-corrected chi connectivity index (χ3v) is 7.89. The fraction of sp³-hybridized carbons (Fsp3) is 0.371. The van der Waals surface area contributed by atoms with Crippen LogP contribution in [0.5, 0.6) is 17.2 Å². The lowest BCUT2D eigenvalue weighted by Gasteiger charge is -2.29. The van der Waals surface area contributed by atoms with Crippen LogP contribution in [0.2, 0.25) is 0 Å². The molecule has 1 N–H and O–H groups in total. The molecule has 0 aliphatic carbocycles. The summed E-state index contributed by atoms with van der Waals surface area (Å²) in [7, 11) is 0. The van der Waals surface area contributed by atoms with Gasteiger partial charge in [-0.25, -0.2) is 0 Å². The molecule has 2 heterocycles. The van der Waals surface area contributed by atoms with Crippen molar-refractivity contribution in [1.29, 1.82) is 0 Å². The molecular formula is C35H40N2O6. The zero-order chi connectivity index (χ0) is 30.2. The van der Waals surface area contributed by atoms with Crippen molar-refractivity contribution in [2.75, 3.05) is 46.0 Å². The first-order valence-electron chi connectivity index (χ1n) is 15.1. The number of aliphatic hydroxyl groups is 1. The number of morpholine rings is 1. The Hall–Kier alpha value is -4.14. The molecule has 8 nitrogen and oxygen atoms in total. The second-order valence-electron chi connectivity index (χ2n) is 11.0. The zero-order valence-corrected chi connectivity index (χ0v) is 25.0. The molecule has 2 saturated heterocycles. The molecule has 226 valence electrons. The van der Waals surface area contributed by atoms with Gasteiger partial charge in [-0.2, -0.15) is 0 Å². The largest absolute Gasteiger partial charge is 0.507 e. The Balaban J connectivity index is 1.48. The van der Waals surface area contributed by atoms with Crippen LogP contribution in [-0.2, 0) is 14.3 Å². The summed E-state index contributed by atoms with van der Waals surface area (Å²) in [6.07, 6.45) is 2.66. The Morgan fingerprint density at radius 2 is 1.67 bits per heavy atom. The highest BCUT2D eigenvalue weighted by atomic mass is 16.5. The lowest BCUT2D eigenvalue weighted by atomic mass is 9.93. The second kappa shape index (κ2) is 14.4. The van der Waals surface area contributed by atoms with E-state index in [1.807, 2.05) is 67.6 Å². The van der Waals surface area contributed by atoms with Gasteiger partial charge in [-0.05, 0) is 73.4 Å². The van der Waals surface area contributed by atoms with Gasteiger partial charge in [0.1, 0.15) is 23.0 Å². The molecule has 0 aromatic heterocycles. The topological polar surface area (TPSA) is 88.5 Å². The SMILES string of the molecule is CCCCOc1ccc(C(O)=C2C(=O)C(=O)N(CCCN3CCOCC3)[C@H]2c2cccc(Oc3ccccc3)c2)c(C)c1. The van der Waals surface area contributed by atoms with Crippen molar-refractivity contribution in [1.82, 2.24) is 9.80 Å². The number of carbonyl (C=O) groups is 2. The minimum atomic E-state index is -0.760. The molecule has 0 unspecified atom stereocenters. The van der Waals surface area contributed by atoms with E-state index in [4.69, 9.17) is 14.2 Å². The Morgan fingerprint density at radius 3 is 2.42 bits per heavy atom. The lowest BCUT2D eigenvalue weighted by Crippen LogP contribution is -2.38. The van der Waals surface area contributed by atoms with Crippen LogP contribution in [0.1, 0.15) is 48.9 Å². The second-order valence-corrected chi connectivity index (χ2v) is 11.0. The third-order valence-electron chi connectivity index (χ3n) is 7.89. The smallest absolute Gasteiger partial charge is 0.295 e. The van der Waals surface area contributed by atoms with Gasteiger partial charge in [0, 0.05) is 31.7 Å². The minimum Gasteiger partial charge on any atom is -0.507 e. The lowest BCUT2D eigenvalue weighted by molar-refractivity contribution is -0.140. The molecular weight excluding hydrogens is 544 g/mol. The molecule has 2 aliphatic rings. The molecule has 0 radical (unpaired) electrons. The maximum absolute atomic E-state index is 13.6. The molecule has 43 heavy (non-hydrogen) atoms. The number of para-hydroxylation sites is 1. The number of benzene rings is 3. The van der Waals surface area contributed by atoms with Crippen LogP contribution in [0, 0.1) is 6.92 Å². The van der Waals surface area contributed by atoms with Gasteiger partial charge in [-0.3, -0.25) is 14.5 Å². The van der Waals surface area contributed by atoms with Crippen LogP contribution in [0.4, 0.5) is 0 Å². The number of ketones is 1. The number of Topliss-reactive ketones (excluding diaryl/α,β-unsaturated/α-hetero) is 1. The van der Waals surface area contributed by atoms with E-state index in [9.17, 15) is 14.7 Å². The molecule has 2 fully saturated rings. The summed E-state index contributed by atoms with van der Waals surface area (Å²) in [6, 6.07) is 21.5. The fourth-order valence-electron chi connectivity index (χ4n) is 5.59. The van der Waals surface area contributed by atoms with Crippen LogP contribution < -0.4 is 9.47 Å². The number of aliphatic hydroxyl groups excluding tert-OH is 1. The summed E-state index contributed by atoms with van der Waals surface area (Å²) in [4.78, 5) is 31.0. The summed E-state index contributed by atoms with van der Waals surface area (Å²) < 4.78 is 17.4. The highest BCUT2D eigenvalue weighted by Crippen LogP contribution is 2.41. The Labute approximate surface area is 253 Å². The molecule has 0 spiro atoms. The van der Waals surface area contributed by atoms with Crippen LogP contribution in [0.3, 0.4) is 0 Å². The number of carbonyl (C=O) groups excluding carboxylic acids is 2. The Bertz CT molecular complexity index is 1450. The quantitative estimate of drug-likeness (QED) is 0.119. The molecule has 5 rings (SSSR count). The molecule has 1 atom stereocenters. The molecule has 1 amide bonds. The molecule has 0 saturated carbocycles. The van der Waals surface area contributed by atoms with E-state index in [0.29, 0.717) is 61.2 Å². The van der Waals surface area contributed by atoms with E-state index in [1.165, 1.54) is 0 Å². The van der Waals surface area contributed by atoms with Gasteiger partial charge in [0.2, 0.25) is 0 Å². The summed E-state index contributed by atoms with van der Waals surface area (Å²) in [5.74, 6) is 0.467. The van der Waals surface area contributed by atoms with Gasteiger partial charge in [-0.15, -0.1) is 0 Å². The Morgan fingerprint density at radius 1 is 0.907 bits per heavy atom. The van der Waals surface area contributed by atoms with E-state index >= 15 is 0 Å². The average Bonchev–Trinajstić information content (AvgIpc) is 3.27. The fourth-order valence-corrected chi connectivity index (χ4v) is 5.59. The standard InChI is InChI=1S/C35H40N2O6/c1-3-4-20-42-28-14-15-30(25(2)23-28)33(38)31-32(26-10-8-13-29(24-26)43-27-11-6-5-7-12-27)37(35(40)34(31)39)17-9-16-36-18-21-41-22-19-36/h5-8,10-15,23-24,32,38H,3-4,9,16-22H2,1-2H3/t32-/m0/s1. The molecule has 3 aromatic carbocycles. The average molecular weight is 585 g/mol. The molecule has 2 aliphatic heterocycles. The number of ether oxygens (including phenoxy) is 3. The monoisotopic (exact) mass is 584 g/mol. The van der Waals surface area contributed by atoms with Crippen molar-refractivity contribution in [2.45, 2.75) is 39.2 Å². The molecule has 8 heteroatoms. The van der Waals surface area contributed by atoms with Crippen molar-refractivity contribution >= 4 is 17.4 Å². The van der Waals surface area contributed by atoms with Gasteiger partial charge < -0.3 is 24.2 Å². The maximum Gasteiger partial charge on any atom is 0.295 e. The van der Waals surface area contributed by atoms with Crippen molar-refractivity contribution in [3.8, 4) is 17.2 Å². The highest BCUT2D eigenvalue weighted by molar-refractivity contribution is 6.46. The van der Waals surface area contributed by atoms with E-state index < -0.39 is 17.7 Å². The number of likely N-dealkylation sites (tertiary alicyclic amines) is 1. The van der Waals surface area contributed by atoms with Crippen molar-refractivity contribution in [2.24, 2.45) is 0 Å². The first-order chi connectivity index (χ1) is 21.0. The van der Waals surface area contributed by atoms with Crippen molar-refractivity contribution < 1.29 is 28.9 Å². The van der Waals surface area contributed by atoms with Crippen LogP contribution in [0.15, 0.2) is 78.4 Å². The number of unbranched alkanes of at least 4 members (excludes halogenated alkanes) is 1. The Kier molecular flexibility index (Phi) is 10.1. The number of nitrogens with zero attached hydrogens (tertiary/aromatic N) is 2. The van der Waals surface area contributed by atoms with E-state index in [2.05, 4.69) is 11.8 Å². The number of rotatable bonds is 12. The van der Waals surface area contributed by atoms with Crippen molar-refractivity contribution in [3.63, 3.8) is 0 Å². The van der Waals surface area contributed by atoms with E-state index in [-0.39, 0.29) is 11.3 Å². The van der Waals surface area contributed by atoms with Gasteiger partial charge >= 0.3 is 0 Å². The summed E-state index contributed by atoms with van der Waals surface area (Å²) >= 11 is 0. The van der Waals surface area contributed by atoms with E-state index in [1.54, 1.807) is 17.0 Å². The highest BCUT2D eigenvalue weighted by Gasteiger charge is 2.46. The van der Waals surface area contributed by atoms with Gasteiger partial charge in [-0.1, -0.05) is 43.7 Å². The van der Waals surface area contributed by atoms with Crippen LogP contribution in [-0.4, -0.2) is 72.6 Å². The van der Waals surface area contributed by atoms with Crippen molar-refractivity contribution in [3.05, 3.63) is 95.1 Å². The first-order valence-corrected chi connectivity index (χ1v) is 15.1. The number of amides is 1. The van der Waals surface area contributed by atoms with Gasteiger partial charge in [0.25, 0.3) is 11.7 Å². The zero-order valence-electron chi connectivity index (χ0n) is 25.0. The predicted octanol–water partition coefficient (Wildman–Crippen LogP) is 6.11. The van der Waals surface area contributed by atoms with Crippen LogP contribution >= 0.6 is 0 Å². The van der Waals surface area contributed by atoms with Crippen LogP contribution in [0.25, 0.3) is 5.76 Å². The number of hydrogen-bond acceptors (Lipinski definition) is 7. The number of aryl methyl sites for hydroxylation is 1. The normalized spacial score (nSPS) is 18.7. The van der Waals surface area contributed by atoms with E-state index in [0.717, 1.165) is 38.0 Å². The maximum atomic E-state index is 13.6. The summed E-state index contributed by atoms with van der Waals surface area (Å²) in [5.41, 5.74) is 2.02.